The van der Waals surface area contributed by atoms with E-state index in [9.17, 15) is 13.6 Å². The van der Waals surface area contributed by atoms with Crippen LogP contribution in [0, 0.1) is 18.8 Å². The van der Waals surface area contributed by atoms with Crippen LogP contribution in [-0.2, 0) is 0 Å². The minimum absolute atomic E-state index is 0.0365. The lowest BCUT2D eigenvalue weighted by Crippen LogP contribution is -2.23. The number of alkyl halides is 2. The fourth-order valence-electron chi connectivity index (χ4n) is 3.88. The van der Waals surface area contributed by atoms with Gasteiger partial charge in [-0.05, 0) is 26.2 Å². The second kappa shape index (κ2) is 4.81. The van der Waals surface area contributed by atoms with E-state index < -0.39 is 17.8 Å². The highest BCUT2D eigenvalue weighted by Crippen LogP contribution is 2.67. The molecule has 0 amide bonds. The highest BCUT2D eigenvalue weighted by Gasteiger charge is 2.71. The zero-order chi connectivity index (χ0) is 15.6. The Morgan fingerprint density at radius 3 is 2.68 bits per heavy atom. The van der Waals surface area contributed by atoms with Crippen LogP contribution in [0.1, 0.15) is 47.5 Å². The first-order chi connectivity index (χ1) is 10.4. The van der Waals surface area contributed by atoms with Crippen molar-refractivity contribution in [2.75, 3.05) is 0 Å². The molecule has 2 heterocycles. The van der Waals surface area contributed by atoms with Gasteiger partial charge >= 0.3 is 0 Å². The first-order valence-corrected chi connectivity index (χ1v) is 8.64. The van der Waals surface area contributed by atoms with Gasteiger partial charge in [0.2, 0.25) is 0 Å². The number of hydrogen-bond acceptors (Lipinski definition) is 3. The summed E-state index contributed by atoms with van der Waals surface area (Å²) in [5.74, 6) is -3.04. The number of fused-ring (bicyclic) bond motifs is 1. The van der Waals surface area contributed by atoms with Crippen molar-refractivity contribution < 1.29 is 8.78 Å². The average Bonchev–Trinajstić information content (AvgIpc) is 2.86. The predicted molar refractivity (Wildman–Crippen MR) is 82.4 cm³/mol. The van der Waals surface area contributed by atoms with E-state index in [1.165, 1.54) is 11.8 Å². The second-order valence-electron chi connectivity index (χ2n) is 6.36. The largest absolute Gasteiger partial charge is 0.311 e. The third-order valence-electron chi connectivity index (χ3n) is 5.00. The third kappa shape index (κ3) is 2.14. The number of aryl methyl sites for hydroxylation is 1. The van der Waals surface area contributed by atoms with Gasteiger partial charge in [0.25, 0.3) is 11.5 Å². The number of allylic oxidation sites excluding steroid dienone is 1. The number of nitrogens with one attached hydrogen (secondary N) is 1. The zero-order valence-corrected chi connectivity index (χ0v) is 13.5. The molecule has 2 aliphatic carbocycles. The molecule has 0 aromatic carbocycles. The van der Waals surface area contributed by atoms with Crippen LogP contribution in [0.25, 0.3) is 0 Å². The number of nitrogens with zero attached hydrogens (tertiary/aromatic N) is 1. The van der Waals surface area contributed by atoms with E-state index in [0.29, 0.717) is 40.7 Å². The molecule has 0 saturated heterocycles. The van der Waals surface area contributed by atoms with Gasteiger partial charge in [-0.25, -0.2) is 13.8 Å². The summed E-state index contributed by atoms with van der Waals surface area (Å²) in [6.45, 7) is 1.73. The van der Waals surface area contributed by atoms with Gasteiger partial charge in [-0.3, -0.25) is 4.79 Å². The summed E-state index contributed by atoms with van der Waals surface area (Å²) in [5, 5.41) is -0.0585. The van der Waals surface area contributed by atoms with Crippen molar-refractivity contribution in [2.45, 2.75) is 43.3 Å². The van der Waals surface area contributed by atoms with E-state index >= 15 is 0 Å². The lowest BCUT2D eigenvalue weighted by atomic mass is 9.93. The van der Waals surface area contributed by atoms with E-state index in [1.54, 1.807) is 6.92 Å². The molecule has 2 fully saturated rings. The molecule has 7 heteroatoms. The number of thioether (sulfide) groups is 1. The molecule has 4 rings (SSSR count). The molecular weight excluding hydrogens is 330 g/mol. The van der Waals surface area contributed by atoms with E-state index in [1.807, 2.05) is 6.08 Å². The van der Waals surface area contributed by atoms with Crippen LogP contribution in [0.4, 0.5) is 8.78 Å². The van der Waals surface area contributed by atoms with Crippen molar-refractivity contribution in [3.8, 4) is 0 Å². The van der Waals surface area contributed by atoms with Crippen molar-refractivity contribution in [2.24, 2.45) is 11.8 Å². The lowest BCUT2D eigenvalue weighted by Gasteiger charge is -2.20. The third-order valence-corrected chi connectivity index (χ3v) is 6.53. The summed E-state index contributed by atoms with van der Waals surface area (Å²) in [6, 6.07) is 0. The van der Waals surface area contributed by atoms with Crippen molar-refractivity contribution in [1.29, 1.82) is 0 Å². The second-order valence-corrected chi connectivity index (χ2v) is 8.23. The average molecular weight is 345 g/mol. The smallest absolute Gasteiger partial charge is 0.255 e. The number of H-pyrrole nitrogens is 1. The van der Waals surface area contributed by atoms with Crippen LogP contribution in [0.2, 0.25) is 0 Å². The molecule has 1 aliphatic heterocycles. The lowest BCUT2D eigenvalue weighted by molar-refractivity contribution is 0.0692. The Morgan fingerprint density at radius 2 is 2.09 bits per heavy atom. The maximum absolute atomic E-state index is 13.4. The van der Waals surface area contributed by atoms with Gasteiger partial charge in [0.1, 0.15) is 5.82 Å². The van der Waals surface area contributed by atoms with Crippen molar-refractivity contribution in [3.05, 3.63) is 37.9 Å². The monoisotopic (exact) mass is 344 g/mol. The number of rotatable bonds is 2. The molecule has 4 atom stereocenters. The molecule has 118 valence electrons. The predicted octanol–water partition coefficient (Wildman–Crippen LogP) is 4.10. The van der Waals surface area contributed by atoms with Crippen LogP contribution >= 0.6 is 23.4 Å². The Labute approximate surface area is 135 Å². The topological polar surface area (TPSA) is 45.8 Å². The maximum Gasteiger partial charge on any atom is 0.255 e. The van der Waals surface area contributed by atoms with Gasteiger partial charge in [-0.2, -0.15) is 0 Å². The van der Waals surface area contributed by atoms with Crippen LogP contribution in [-0.4, -0.2) is 15.9 Å². The molecule has 2 saturated carbocycles. The van der Waals surface area contributed by atoms with Crippen LogP contribution in [0.15, 0.2) is 15.2 Å². The maximum atomic E-state index is 13.4. The molecule has 2 unspecified atom stereocenters. The molecule has 1 N–H and O–H groups in total. The Morgan fingerprint density at radius 1 is 1.41 bits per heavy atom. The van der Waals surface area contributed by atoms with Gasteiger partial charge in [0, 0.05) is 23.0 Å². The summed E-state index contributed by atoms with van der Waals surface area (Å²) >= 11 is 7.45. The molecule has 3 aliphatic rings. The van der Waals surface area contributed by atoms with Gasteiger partial charge < -0.3 is 4.98 Å². The fraction of sp³-hybridized carbons (Fsp3) is 0.600. The minimum atomic E-state index is -2.50. The van der Waals surface area contributed by atoms with Gasteiger partial charge in [0.05, 0.1) is 15.6 Å². The molecule has 1 aromatic heterocycles. The molecule has 0 radical (unpaired) electrons. The van der Waals surface area contributed by atoms with E-state index in [0.717, 1.165) is 0 Å². The standard InChI is InChI=1S/C15H15ClF2N2OS/c1-6-19-13(7-4-8-9(5-7)15(8,17)18)12(14(21)20-6)10-2-3-11(16)22-10/h3,7-10H,2,4-5H2,1H3,(H,19,20,21)/t7?,8-,9+,10?. The van der Waals surface area contributed by atoms with Gasteiger partial charge in [0.15, 0.2) is 0 Å². The quantitative estimate of drug-likeness (QED) is 0.878. The number of aromatic amines is 1. The summed E-state index contributed by atoms with van der Waals surface area (Å²) in [7, 11) is 0. The number of hydrogen-bond donors (Lipinski definition) is 1. The first-order valence-electron chi connectivity index (χ1n) is 7.38. The first kappa shape index (κ1) is 14.7. The number of halogens is 3. The Bertz CT molecular complexity index is 719. The fourth-order valence-corrected chi connectivity index (χ4v) is 5.30. The Hall–Kier alpha value is -0.880. The minimum Gasteiger partial charge on any atom is -0.311 e. The Kier molecular flexibility index (Phi) is 3.21. The normalized spacial score (nSPS) is 35.4. The van der Waals surface area contributed by atoms with Gasteiger partial charge in [-0.1, -0.05) is 17.7 Å². The summed E-state index contributed by atoms with van der Waals surface area (Å²) in [6.07, 6.45) is 3.43. The summed E-state index contributed by atoms with van der Waals surface area (Å²) in [5.41, 5.74) is 1.17. The van der Waals surface area contributed by atoms with Crippen molar-refractivity contribution in [1.82, 2.24) is 9.97 Å². The molecule has 1 aromatic rings. The highest BCUT2D eigenvalue weighted by atomic mass is 35.5. The molecule has 22 heavy (non-hydrogen) atoms. The van der Waals surface area contributed by atoms with Crippen LogP contribution in [0.3, 0.4) is 0 Å². The number of aromatic nitrogens is 2. The van der Waals surface area contributed by atoms with Crippen molar-refractivity contribution in [3.63, 3.8) is 0 Å². The van der Waals surface area contributed by atoms with Crippen molar-refractivity contribution >= 4 is 23.4 Å². The molecule has 0 spiro atoms. The Balaban J connectivity index is 1.69. The summed E-state index contributed by atoms with van der Waals surface area (Å²) in [4.78, 5) is 19.7. The van der Waals surface area contributed by atoms with Crippen LogP contribution in [0.5, 0.6) is 0 Å². The van der Waals surface area contributed by atoms with Gasteiger partial charge in [-0.15, -0.1) is 11.8 Å². The molecule has 0 bridgehead atoms. The molecule has 3 nitrogen and oxygen atoms in total. The summed E-state index contributed by atoms with van der Waals surface area (Å²) < 4.78 is 27.5. The van der Waals surface area contributed by atoms with E-state index in [-0.39, 0.29) is 16.7 Å². The van der Waals surface area contributed by atoms with E-state index in [4.69, 9.17) is 11.6 Å². The van der Waals surface area contributed by atoms with E-state index in [2.05, 4.69) is 9.97 Å². The molecular formula is C15H15ClF2N2OS. The SMILES string of the molecule is Cc1nc(C2C[C@@H]3[C@H](C2)C3(F)F)c(C2CC=C(Cl)S2)c(=O)[nH]1. The van der Waals surface area contributed by atoms with Crippen LogP contribution < -0.4 is 5.56 Å². The highest BCUT2D eigenvalue weighted by molar-refractivity contribution is 8.05. The zero-order valence-electron chi connectivity index (χ0n) is 11.9.